The molecule has 4 radical (unpaired) electrons. The fraction of sp³-hybridized carbons (Fsp3) is 0.421. The predicted octanol–water partition coefficient (Wildman–Crippen LogP) is 6.89. The van der Waals surface area contributed by atoms with Crippen molar-refractivity contribution in [3.05, 3.63) is 57.0 Å². The molecule has 6 heteroatoms. The zero-order valence-electron chi connectivity index (χ0n) is 16.0. The molecule has 2 aromatic rings. The minimum absolute atomic E-state index is 0. The average molecular weight is 433 g/mol. The third-order valence-corrected chi connectivity index (χ3v) is 3.10. The van der Waals surface area contributed by atoms with Crippen molar-refractivity contribution in [3.8, 4) is 0 Å². The molecular formula is C19H30Cl2N2SiTi. The summed E-state index contributed by atoms with van der Waals surface area (Å²) in [5, 5.41) is 2.78. The Hall–Kier alpha value is 0.101. The van der Waals surface area contributed by atoms with E-state index in [0.29, 0.717) is 0 Å². The van der Waals surface area contributed by atoms with Gasteiger partial charge in [-0.2, -0.15) is 12.1 Å². The molecule has 1 heterocycles. The third-order valence-electron chi connectivity index (χ3n) is 3.10. The van der Waals surface area contributed by atoms with Crippen LogP contribution in [0.2, 0.25) is 0 Å². The van der Waals surface area contributed by atoms with E-state index in [9.17, 15) is 0 Å². The van der Waals surface area contributed by atoms with E-state index in [-0.39, 0.29) is 31.4 Å². The van der Waals surface area contributed by atoms with Gasteiger partial charge in [-0.1, -0.05) is 26.8 Å². The van der Waals surface area contributed by atoms with Crippen LogP contribution in [-0.2, 0) is 17.0 Å². The maximum absolute atomic E-state index is 6.94. The molecule has 1 aliphatic heterocycles. The predicted molar refractivity (Wildman–Crippen MR) is 115 cm³/mol. The number of halogens is 2. The van der Waals surface area contributed by atoms with E-state index in [1.54, 1.807) is 0 Å². The van der Waals surface area contributed by atoms with Crippen LogP contribution in [0, 0.1) is 14.9 Å². The number of nitrogens with zero attached hydrogens (tertiary/aromatic N) is 1. The Morgan fingerprint density at radius 2 is 1.56 bits per heavy atom. The molecule has 0 bridgehead atoms. The second-order valence-corrected chi connectivity index (χ2v) is 8.90. The summed E-state index contributed by atoms with van der Waals surface area (Å²) in [6, 6.07) is 13.2. The van der Waals surface area contributed by atoms with Crippen LogP contribution < -0.4 is 4.90 Å². The van der Waals surface area contributed by atoms with Gasteiger partial charge in [-0.3, -0.25) is 0 Å². The van der Waals surface area contributed by atoms with Gasteiger partial charge in [-0.25, -0.2) is 0 Å². The van der Waals surface area contributed by atoms with Gasteiger partial charge in [0.25, 0.3) is 0 Å². The van der Waals surface area contributed by atoms with E-state index >= 15 is 0 Å². The molecule has 0 aromatic heterocycles. The van der Waals surface area contributed by atoms with E-state index < -0.39 is 17.0 Å². The van der Waals surface area contributed by atoms with Gasteiger partial charge in [0, 0.05) is 24.1 Å². The average Bonchev–Trinajstić information content (AvgIpc) is 3.09. The molecule has 3 rings (SSSR count). The molecule has 25 heavy (non-hydrogen) atoms. The van der Waals surface area contributed by atoms with Crippen molar-refractivity contribution < 1.29 is 17.0 Å². The maximum Gasteiger partial charge on any atom is 0.0171 e. The van der Waals surface area contributed by atoms with Crippen molar-refractivity contribution in [2.24, 2.45) is 0 Å². The summed E-state index contributed by atoms with van der Waals surface area (Å²) in [4.78, 5) is 2.50. The van der Waals surface area contributed by atoms with Gasteiger partial charge in [-0.15, -0.1) is 34.5 Å². The van der Waals surface area contributed by atoms with Crippen LogP contribution in [0.1, 0.15) is 33.6 Å². The van der Waals surface area contributed by atoms with Crippen molar-refractivity contribution in [1.29, 1.82) is 0 Å². The van der Waals surface area contributed by atoms with Crippen molar-refractivity contribution in [2.75, 3.05) is 18.0 Å². The summed E-state index contributed by atoms with van der Waals surface area (Å²) in [7, 11) is 9.78. The molecule has 0 spiro atoms. The number of rotatable bonds is 1. The first kappa shape index (κ1) is 29.8. The van der Waals surface area contributed by atoms with E-state index in [0.717, 1.165) is 0 Å². The van der Waals surface area contributed by atoms with Crippen molar-refractivity contribution in [1.82, 2.24) is 0 Å². The summed E-state index contributed by atoms with van der Waals surface area (Å²) in [5.41, 5.74) is 8.11. The number of hydrogen-bond acceptors (Lipinski definition) is 1. The topological polar surface area (TPSA) is 27.0 Å². The van der Waals surface area contributed by atoms with E-state index in [1.807, 2.05) is 20.8 Å². The van der Waals surface area contributed by atoms with Crippen LogP contribution >= 0.6 is 18.6 Å². The first-order valence-electron chi connectivity index (χ1n) is 7.47. The molecule has 0 aliphatic carbocycles. The van der Waals surface area contributed by atoms with Gasteiger partial charge in [0.1, 0.15) is 0 Å². The Morgan fingerprint density at radius 1 is 1.08 bits per heavy atom. The fourth-order valence-corrected chi connectivity index (χ4v) is 2.38. The number of benzene rings is 1. The molecular weight excluding hydrogens is 403 g/mol. The smallest absolute Gasteiger partial charge is 0.0171 e. The zero-order valence-corrected chi connectivity index (χ0v) is 20.1. The largest absolute Gasteiger partial charge is 0.379 e. The van der Waals surface area contributed by atoms with Gasteiger partial charge >= 0.3 is 35.6 Å². The second kappa shape index (κ2) is 15.2. The van der Waals surface area contributed by atoms with Crippen LogP contribution in [0.5, 0.6) is 0 Å². The summed E-state index contributed by atoms with van der Waals surface area (Å²) in [5.74, 6) is 0. The first-order chi connectivity index (χ1) is 10.4. The Bertz CT molecular complexity index is 544. The van der Waals surface area contributed by atoms with E-state index in [4.69, 9.17) is 24.3 Å². The number of nitrogens with one attached hydrogen (secondary N) is 1. The number of hydrogen-bond donors (Lipinski definition) is 0. The normalized spacial score (nSPS) is 12.6. The summed E-state index contributed by atoms with van der Waals surface area (Å²) in [6.45, 7) is 8.02. The van der Waals surface area contributed by atoms with E-state index in [1.165, 1.54) is 42.4 Å². The van der Waals surface area contributed by atoms with Gasteiger partial charge in [0.05, 0.1) is 0 Å². The third kappa shape index (κ3) is 12.2. The molecule has 0 saturated carbocycles. The van der Waals surface area contributed by atoms with Gasteiger partial charge in [-0.05, 0) is 18.5 Å². The van der Waals surface area contributed by atoms with Crippen molar-refractivity contribution in [3.63, 3.8) is 0 Å². The number of fused-ring (bicyclic) bond motifs is 1. The molecule has 138 valence electrons. The minimum atomic E-state index is -0.556. The summed E-state index contributed by atoms with van der Waals surface area (Å²) < 4.78 is 0. The molecule has 1 aliphatic rings. The van der Waals surface area contributed by atoms with Crippen LogP contribution in [-0.4, -0.2) is 29.6 Å². The Balaban J connectivity index is -0.000000384. The van der Waals surface area contributed by atoms with Gasteiger partial charge in [0.15, 0.2) is 0 Å². The zero-order chi connectivity index (χ0) is 16.6. The van der Waals surface area contributed by atoms with Crippen LogP contribution in [0.25, 0.3) is 16.5 Å². The molecule has 1 fully saturated rings. The second-order valence-electron chi connectivity index (χ2n) is 6.32. The maximum atomic E-state index is 6.94. The molecule has 0 unspecified atom stereocenters. The molecule has 1 N–H and O–H groups in total. The molecule has 2 nitrogen and oxygen atoms in total. The number of anilines is 1. The molecule has 0 atom stereocenters. The molecule has 2 aromatic carbocycles. The summed E-state index contributed by atoms with van der Waals surface area (Å²) in [6.07, 6.45) is 2.69. The van der Waals surface area contributed by atoms with Crippen LogP contribution in [0.4, 0.5) is 5.69 Å². The molecule has 1 saturated heterocycles. The van der Waals surface area contributed by atoms with Gasteiger partial charge < -0.3 is 25.5 Å². The quantitative estimate of drug-likeness (QED) is 0.355. The SMILES string of the molecule is CC(C)(C)[NH-].[CH3-].[CH3-].[Cl][Ti+4][Cl].[Si].c1cc(N2CCCC2)c2cc[cH-]c2c1. The van der Waals surface area contributed by atoms with Crippen molar-refractivity contribution >= 4 is 46.0 Å². The van der Waals surface area contributed by atoms with E-state index in [2.05, 4.69) is 41.3 Å². The Morgan fingerprint density at radius 3 is 2.04 bits per heavy atom. The first-order valence-corrected chi connectivity index (χ1v) is 11.8. The Kier molecular flexibility index (Phi) is 18.1. The van der Waals surface area contributed by atoms with Crippen molar-refractivity contribution in [2.45, 2.75) is 39.2 Å². The van der Waals surface area contributed by atoms with Crippen LogP contribution in [0.15, 0.2) is 36.4 Å². The standard InChI is InChI=1S/C13H14N.C4H10N.2CH3.2ClH.Si.Ti/c1-2-10-14(9-1)13-8-4-6-11-5-3-7-12(11)13;1-4(2,3)5;;;;;;/h3-8H,1-2,9-10H2;5H,1-3H3;2*1H3;2*1H;;/q4*-1;;;;+6/p-2. The molecule has 0 amide bonds. The fourth-order valence-electron chi connectivity index (χ4n) is 2.38. The van der Waals surface area contributed by atoms with Crippen LogP contribution in [0.3, 0.4) is 0 Å². The van der Waals surface area contributed by atoms with Gasteiger partial charge in [0.2, 0.25) is 0 Å². The Labute approximate surface area is 176 Å². The summed E-state index contributed by atoms with van der Waals surface area (Å²) >= 11 is -0.556. The monoisotopic (exact) mass is 432 g/mol. The minimum Gasteiger partial charge on any atom is -0.379 e.